The number of hydrogen-bond acceptors (Lipinski definition) is 3. The molecular weight excluding hydrogens is 258 g/mol. The number of carboxylic acids is 1. The van der Waals surface area contributed by atoms with E-state index in [2.05, 4.69) is 10.6 Å². The van der Waals surface area contributed by atoms with Gasteiger partial charge in [-0.15, -0.1) is 0 Å². The van der Waals surface area contributed by atoms with Crippen molar-refractivity contribution in [3.63, 3.8) is 0 Å². The minimum absolute atomic E-state index is 0.0303. The molecule has 20 heavy (non-hydrogen) atoms. The zero-order chi connectivity index (χ0) is 14.6. The maximum Gasteiger partial charge on any atom is 0.318 e. The van der Waals surface area contributed by atoms with Gasteiger partial charge in [0.25, 0.3) is 0 Å². The molecule has 1 heterocycles. The summed E-state index contributed by atoms with van der Waals surface area (Å²) in [6.07, 6.45) is 4.50. The van der Waals surface area contributed by atoms with Gasteiger partial charge in [0.1, 0.15) is 0 Å². The summed E-state index contributed by atoms with van der Waals surface area (Å²) in [7, 11) is 0. The number of nitrogens with zero attached hydrogens (tertiary/aromatic N) is 1. The topological polar surface area (TPSA) is 81.7 Å². The maximum atomic E-state index is 12.5. The lowest BCUT2D eigenvalue weighted by molar-refractivity contribution is -0.139. The summed E-state index contributed by atoms with van der Waals surface area (Å²) in [6.45, 7) is 4.52. The Labute approximate surface area is 119 Å². The minimum atomic E-state index is -0.838. The Balaban J connectivity index is 1.95. The normalized spacial score (nSPS) is 21.9. The summed E-state index contributed by atoms with van der Waals surface area (Å²) in [5.74, 6) is -0.838. The smallest absolute Gasteiger partial charge is 0.318 e. The Morgan fingerprint density at radius 1 is 1.35 bits per heavy atom. The molecule has 6 nitrogen and oxygen atoms in total. The molecule has 1 aliphatic carbocycles. The number of aliphatic carboxylic acids is 1. The van der Waals surface area contributed by atoms with E-state index in [-0.39, 0.29) is 18.5 Å². The average molecular weight is 283 g/mol. The fourth-order valence-electron chi connectivity index (χ4n) is 3.22. The highest BCUT2D eigenvalue weighted by Gasteiger charge is 2.41. The highest BCUT2D eigenvalue weighted by atomic mass is 16.4. The van der Waals surface area contributed by atoms with Gasteiger partial charge < -0.3 is 20.6 Å². The lowest BCUT2D eigenvalue weighted by Crippen LogP contribution is -2.60. The summed E-state index contributed by atoms with van der Waals surface area (Å²) >= 11 is 0. The molecule has 6 heteroatoms. The van der Waals surface area contributed by atoms with Crippen LogP contribution in [0.5, 0.6) is 0 Å². The van der Waals surface area contributed by atoms with E-state index in [0.717, 1.165) is 45.2 Å². The van der Waals surface area contributed by atoms with Gasteiger partial charge in [0.15, 0.2) is 0 Å². The summed E-state index contributed by atoms with van der Waals surface area (Å²) in [6, 6.07) is 0.170. The van der Waals surface area contributed by atoms with Crippen molar-refractivity contribution in [2.75, 3.05) is 19.6 Å². The van der Waals surface area contributed by atoms with E-state index >= 15 is 0 Å². The zero-order valence-electron chi connectivity index (χ0n) is 12.2. The molecule has 2 rings (SSSR count). The van der Waals surface area contributed by atoms with Gasteiger partial charge in [-0.25, -0.2) is 4.79 Å². The predicted molar refractivity (Wildman–Crippen MR) is 75.6 cm³/mol. The summed E-state index contributed by atoms with van der Waals surface area (Å²) in [4.78, 5) is 25.3. The Bertz CT molecular complexity index is 363. The number of nitrogens with one attached hydrogen (secondary N) is 2. The van der Waals surface area contributed by atoms with Crippen LogP contribution in [0.15, 0.2) is 0 Å². The number of piperidine rings is 1. The van der Waals surface area contributed by atoms with Gasteiger partial charge in [0.2, 0.25) is 0 Å². The molecule has 2 amide bonds. The summed E-state index contributed by atoms with van der Waals surface area (Å²) < 4.78 is 0. The van der Waals surface area contributed by atoms with Crippen molar-refractivity contribution in [3.05, 3.63) is 0 Å². The van der Waals surface area contributed by atoms with Gasteiger partial charge in [-0.3, -0.25) is 4.79 Å². The molecule has 1 aliphatic heterocycles. The van der Waals surface area contributed by atoms with Crippen LogP contribution < -0.4 is 10.6 Å². The number of carboxylic acid groups (broad SMARTS) is 1. The first kappa shape index (κ1) is 15.1. The highest BCUT2D eigenvalue weighted by Crippen LogP contribution is 2.35. The molecule has 0 unspecified atom stereocenters. The molecule has 1 saturated carbocycles. The van der Waals surface area contributed by atoms with E-state index in [1.165, 1.54) is 0 Å². The van der Waals surface area contributed by atoms with Gasteiger partial charge >= 0.3 is 12.0 Å². The molecule has 0 aromatic carbocycles. The molecule has 2 aliphatic rings. The molecular formula is C14H25N3O3. The summed E-state index contributed by atoms with van der Waals surface area (Å²) in [5, 5.41) is 15.3. The van der Waals surface area contributed by atoms with Crippen molar-refractivity contribution in [1.29, 1.82) is 0 Å². The lowest BCUT2D eigenvalue weighted by Gasteiger charge is -2.44. The second kappa shape index (κ2) is 6.43. The number of carbonyl (C=O) groups excluding carboxylic acids is 1. The van der Waals surface area contributed by atoms with Crippen LogP contribution in [-0.2, 0) is 4.79 Å². The standard InChI is InChI=1S/C14H25N3O3/c1-2-17(11-4-8-15-9-5-11)13(20)16-14(6-3-7-14)10-12(18)19/h11,15H,2-10H2,1H3,(H,16,20)(H,18,19). The van der Waals surface area contributed by atoms with Crippen LogP contribution >= 0.6 is 0 Å². The summed E-state index contributed by atoms with van der Waals surface area (Å²) in [5.41, 5.74) is -0.511. The second-order valence-electron chi connectivity index (χ2n) is 5.90. The van der Waals surface area contributed by atoms with Crippen LogP contribution in [0, 0.1) is 0 Å². The van der Waals surface area contributed by atoms with Gasteiger partial charge in [0.05, 0.1) is 12.0 Å². The molecule has 0 bridgehead atoms. The number of rotatable bonds is 5. The molecule has 2 fully saturated rings. The van der Waals surface area contributed by atoms with Crippen molar-refractivity contribution in [2.45, 2.75) is 57.0 Å². The molecule has 0 radical (unpaired) electrons. The maximum absolute atomic E-state index is 12.5. The lowest BCUT2D eigenvalue weighted by atomic mass is 9.74. The molecule has 114 valence electrons. The number of amides is 2. The van der Waals surface area contributed by atoms with Crippen LogP contribution in [-0.4, -0.2) is 53.2 Å². The number of urea groups is 1. The zero-order valence-corrected chi connectivity index (χ0v) is 12.2. The van der Waals surface area contributed by atoms with Crippen molar-refractivity contribution in [1.82, 2.24) is 15.5 Å². The van der Waals surface area contributed by atoms with Crippen LogP contribution in [0.3, 0.4) is 0 Å². The van der Waals surface area contributed by atoms with Gasteiger partial charge in [-0.05, 0) is 52.1 Å². The fourth-order valence-corrected chi connectivity index (χ4v) is 3.22. The molecule has 1 saturated heterocycles. The van der Waals surface area contributed by atoms with Gasteiger partial charge in [-0.2, -0.15) is 0 Å². The number of hydrogen-bond donors (Lipinski definition) is 3. The molecule has 3 N–H and O–H groups in total. The predicted octanol–water partition coefficient (Wildman–Crippen LogP) is 1.17. The largest absolute Gasteiger partial charge is 0.481 e. The number of carbonyl (C=O) groups is 2. The first-order valence-corrected chi connectivity index (χ1v) is 7.57. The van der Waals surface area contributed by atoms with Crippen molar-refractivity contribution < 1.29 is 14.7 Å². The third-order valence-electron chi connectivity index (χ3n) is 4.52. The third kappa shape index (κ3) is 3.42. The minimum Gasteiger partial charge on any atom is -0.481 e. The molecule has 0 aromatic heterocycles. The van der Waals surface area contributed by atoms with Gasteiger partial charge in [0, 0.05) is 12.6 Å². The van der Waals surface area contributed by atoms with Crippen LogP contribution in [0.25, 0.3) is 0 Å². The Kier molecular flexibility index (Phi) is 4.86. The van der Waals surface area contributed by atoms with E-state index in [1.54, 1.807) is 0 Å². The van der Waals surface area contributed by atoms with Crippen molar-refractivity contribution in [2.24, 2.45) is 0 Å². The van der Waals surface area contributed by atoms with E-state index in [1.807, 2.05) is 11.8 Å². The van der Waals surface area contributed by atoms with Crippen molar-refractivity contribution >= 4 is 12.0 Å². The molecule has 0 spiro atoms. The Hall–Kier alpha value is -1.30. The quantitative estimate of drug-likeness (QED) is 0.707. The fraction of sp³-hybridized carbons (Fsp3) is 0.857. The first-order chi connectivity index (χ1) is 9.56. The van der Waals surface area contributed by atoms with Crippen molar-refractivity contribution in [3.8, 4) is 0 Å². The van der Waals surface area contributed by atoms with E-state index in [9.17, 15) is 9.59 Å². The second-order valence-corrected chi connectivity index (χ2v) is 5.90. The average Bonchev–Trinajstić information content (AvgIpc) is 2.37. The van der Waals surface area contributed by atoms with Crippen LogP contribution in [0.1, 0.15) is 45.4 Å². The Morgan fingerprint density at radius 2 is 2.00 bits per heavy atom. The highest BCUT2D eigenvalue weighted by molar-refractivity contribution is 5.77. The molecule has 0 aromatic rings. The van der Waals surface area contributed by atoms with Crippen LogP contribution in [0.4, 0.5) is 4.79 Å². The van der Waals surface area contributed by atoms with Crippen LogP contribution in [0.2, 0.25) is 0 Å². The SMILES string of the molecule is CCN(C(=O)NC1(CC(=O)O)CCC1)C1CCNCC1. The molecule has 0 atom stereocenters. The van der Waals surface area contributed by atoms with E-state index < -0.39 is 11.5 Å². The van der Waals surface area contributed by atoms with Gasteiger partial charge in [-0.1, -0.05) is 0 Å². The monoisotopic (exact) mass is 283 g/mol. The Morgan fingerprint density at radius 3 is 2.45 bits per heavy atom. The van der Waals surface area contributed by atoms with E-state index in [0.29, 0.717) is 6.54 Å². The first-order valence-electron chi connectivity index (χ1n) is 7.57. The van der Waals surface area contributed by atoms with E-state index in [4.69, 9.17) is 5.11 Å². The third-order valence-corrected chi connectivity index (χ3v) is 4.52.